The van der Waals surface area contributed by atoms with E-state index in [0.717, 1.165) is 31.6 Å². The van der Waals surface area contributed by atoms with Crippen LogP contribution in [0.2, 0.25) is 0 Å². The van der Waals surface area contributed by atoms with Crippen LogP contribution in [0, 0.1) is 0 Å². The maximum atomic E-state index is 11.8. The summed E-state index contributed by atoms with van der Waals surface area (Å²) in [5, 5.41) is 1.20. The largest absolute Gasteiger partial charge is 0.467 e. The van der Waals surface area contributed by atoms with E-state index in [2.05, 4.69) is 27.1 Å². The van der Waals surface area contributed by atoms with Gasteiger partial charge in [-0.1, -0.05) is 0 Å². The molecule has 25 heavy (non-hydrogen) atoms. The Hall–Kier alpha value is -2.60. The molecule has 3 aromatic rings. The van der Waals surface area contributed by atoms with Crippen molar-refractivity contribution < 1.29 is 13.9 Å². The first-order chi connectivity index (χ1) is 12.3. The number of aromatic nitrogens is 2. The van der Waals surface area contributed by atoms with Gasteiger partial charge in [0.15, 0.2) is 0 Å². The van der Waals surface area contributed by atoms with E-state index in [1.807, 2.05) is 6.07 Å². The van der Waals surface area contributed by atoms with E-state index in [1.54, 1.807) is 18.5 Å². The molecule has 0 bridgehead atoms. The number of esters is 1. The molecule has 130 valence electrons. The molecule has 1 atom stereocenters. The summed E-state index contributed by atoms with van der Waals surface area (Å²) < 4.78 is 10.4. The number of pyridine rings is 1. The van der Waals surface area contributed by atoms with E-state index in [9.17, 15) is 4.79 Å². The summed E-state index contributed by atoms with van der Waals surface area (Å²) in [6.07, 6.45) is 7.71. The third-order valence-corrected chi connectivity index (χ3v) is 4.95. The predicted molar refractivity (Wildman–Crippen MR) is 93.4 cm³/mol. The zero-order valence-electron chi connectivity index (χ0n) is 14.2. The minimum atomic E-state index is -0.347. The first kappa shape index (κ1) is 15.9. The number of hydrogen-bond acceptors (Lipinski definition) is 5. The molecule has 3 aromatic heterocycles. The number of H-pyrrole nitrogens is 1. The fourth-order valence-corrected chi connectivity index (χ4v) is 3.73. The van der Waals surface area contributed by atoms with Crippen LogP contribution >= 0.6 is 0 Å². The zero-order chi connectivity index (χ0) is 17.2. The lowest BCUT2D eigenvalue weighted by Gasteiger charge is -2.32. The van der Waals surface area contributed by atoms with Gasteiger partial charge in [-0.25, -0.2) is 9.78 Å². The maximum Gasteiger partial charge on any atom is 0.341 e. The van der Waals surface area contributed by atoms with Gasteiger partial charge in [-0.15, -0.1) is 0 Å². The van der Waals surface area contributed by atoms with Crippen LogP contribution in [0.25, 0.3) is 11.0 Å². The number of rotatable bonds is 4. The van der Waals surface area contributed by atoms with Gasteiger partial charge in [-0.3, -0.25) is 4.90 Å². The molecule has 0 saturated carbocycles. The minimum absolute atomic E-state index is 0.347. The van der Waals surface area contributed by atoms with E-state index in [-0.39, 0.29) is 5.97 Å². The first-order valence-corrected chi connectivity index (χ1v) is 8.55. The number of piperidine rings is 1. The number of hydrogen-bond donors (Lipinski definition) is 1. The average molecular weight is 339 g/mol. The SMILES string of the molecule is COC(=O)c1ccoc1CN1CCCC(c2c[nH]c3ncccc23)C1. The molecule has 0 amide bonds. The van der Waals surface area contributed by atoms with Gasteiger partial charge in [0.25, 0.3) is 0 Å². The van der Waals surface area contributed by atoms with Crippen molar-refractivity contribution in [2.24, 2.45) is 0 Å². The molecule has 4 rings (SSSR count). The average Bonchev–Trinajstić information content (AvgIpc) is 3.28. The molecule has 1 aliphatic rings. The summed E-state index contributed by atoms with van der Waals surface area (Å²) in [4.78, 5) is 21.8. The molecule has 1 aliphatic heterocycles. The third-order valence-electron chi connectivity index (χ3n) is 4.95. The van der Waals surface area contributed by atoms with Crippen molar-refractivity contribution in [1.82, 2.24) is 14.9 Å². The van der Waals surface area contributed by atoms with E-state index in [1.165, 1.54) is 18.1 Å². The fourth-order valence-electron chi connectivity index (χ4n) is 3.73. The Bertz CT molecular complexity index is 883. The molecule has 0 aromatic carbocycles. The molecule has 4 heterocycles. The quantitative estimate of drug-likeness (QED) is 0.738. The van der Waals surface area contributed by atoms with Crippen LogP contribution in [-0.2, 0) is 11.3 Å². The van der Waals surface area contributed by atoms with Crippen molar-refractivity contribution in [2.45, 2.75) is 25.3 Å². The standard InChI is InChI=1S/C19H21N3O3/c1-24-19(23)15-6-9-25-17(15)12-22-8-3-4-13(11-22)16-10-21-18-14(16)5-2-7-20-18/h2,5-7,9-10,13H,3-4,8,11-12H2,1H3,(H,20,21). The van der Waals surface area contributed by atoms with Gasteiger partial charge < -0.3 is 14.1 Å². The summed E-state index contributed by atoms with van der Waals surface area (Å²) >= 11 is 0. The van der Waals surface area contributed by atoms with Gasteiger partial charge in [0, 0.05) is 24.3 Å². The van der Waals surface area contributed by atoms with E-state index in [0.29, 0.717) is 23.8 Å². The molecule has 0 spiro atoms. The number of likely N-dealkylation sites (tertiary alicyclic amines) is 1. The summed E-state index contributed by atoms with van der Waals surface area (Å²) in [5.74, 6) is 0.774. The lowest BCUT2D eigenvalue weighted by atomic mass is 9.90. The van der Waals surface area contributed by atoms with Crippen LogP contribution in [-0.4, -0.2) is 41.0 Å². The van der Waals surface area contributed by atoms with Crippen LogP contribution < -0.4 is 0 Å². The van der Waals surface area contributed by atoms with Crippen molar-refractivity contribution in [3.05, 3.63) is 53.7 Å². The van der Waals surface area contributed by atoms with Gasteiger partial charge in [0.1, 0.15) is 17.0 Å². The summed E-state index contributed by atoms with van der Waals surface area (Å²) in [5.41, 5.74) is 2.77. The van der Waals surface area contributed by atoms with Gasteiger partial charge in [0.05, 0.1) is 19.9 Å². The topological polar surface area (TPSA) is 71.4 Å². The Morgan fingerprint density at radius 3 is 3.28 bits per heavy atom. The van der Waals surface area contributed by atoms with Crippen LogP contribution in [0.15, 0.2) is 41.3 Å². The monoisotopic (exact) mass is 339 g/mol. The van der Waals surface area contributed by atoms with Crippen molar-refractivity contribution in [3.63, 3.8) is 0 Å². The number of aromatic amines is 1. The van der Waals surface area contributed by atoms with Crippen molar-refractivity contribution in [3.8, 4) is 0 Å². The van der Waals surface area contributed by atoms with Crippen LogP contribution in [0.4, 0.5) is 0 Å². The minimum Gasteiger partial charge on any atom is -0.467 e. The highest BCUT2D eigenvalue weighted by Crippen LogP contribution is 2.32. The Labute approximate surface area is 145 Å². The van der Waals surface area contributed by atoms with Crippen molar-refractivity contribution in [2.75, 3.05) is 20.2 Å². The van der Waals surface area contributed by atoms with Gasteiger partial charge in [0.2, 0.25) is 0 Å². The number of carbonyl (C=O) groups is 1. The van der Waals surface area contributed by atoms with E-state index >= 15 is 0 Å². The molecule has 1 saturated heterocycles. The Balaban J connectivity index is 1.52. The summed E-state index contributed by atoms with van der Waals surface area (Å²) in [6, 6.07) is 5.77. The highest BCUT2D eigenvalue weighted by atomic mass is 16.5. The number of methoxy groups -OCH3 is 1. The lowest BCUT2D eigenvalue weighted by molar-refractivity contribution is 0.0595. The number of nitrogens with zero attached hydrogens (tertiary/aromatic N) is 2. The molecule has 6 nitrogen and oxygen atoms in total. The Kier molecular flexibility index (Phi) is 4.28. The highest BCUT2D eigenvalue weighted by molar-refractivity contribution is 5.90. The number of ether oxygens (including phenoxy) is 1. The molecule has 1 unspecified atom stereocenters. The molecule has 6 heteroatoms. The molecule has 0 radical (unpaired) electrons. The number of nitrogens with one attached hydrogen (secondary N) is 1. The van der Waals surface area contributed by atoms with Crippen molar-refractivity contribution >= 4 is 17.0 Å². The fraction of sp³-hybridized carbons (Fsp3) is 0.368. The maximum absolute atomic E-state index is 11.8. The predicted octanol–water partition coefficient (Wildman–Crippen LogP) is 3.32. The smallest absolute Gasteiger partial charge is 0.341 e. The molecule has 0 aliphatic carbocycles. The second-order valence-electron chi connectivity index (χ2n) is 6.47. The number of carbonyl (C=O) groups excluding carboxylic acids is 1. The first-order valence-electron chi connectivity index (χ1n) is 8.55. The second kappa shape index (κ2) is 6.72. The number of furan rings is 1. The Morgan fingerprint density at radius 2 is 2.40 bits per heavy atom. The summed E-state index contributed by atoms with van der Waals surface area (Å²) in [7, 11) is 1.39. The van der Waals surface area contributed by atoms with Gasteiger partial charge >= 0.3 is 5.97 Å². The Morgan fingerprint density at radius 1 is 1.48 bits per heavy atom. The second-order valence-corrected chi connectivity index (χ2v) is 6.47. The molecular formula is C19H21N3O3. The van der Waals surface area contributed by atoms with Crippen molar-refractivity contribution in [1.29, 1.82) is 0 Å². The highest BCUT2D eigenvalue weighted by Gasteiger charge is 2.26. The third kappa shape index (κ3) is 3.05. The van der Waals surface area contributed by atoms with E-state index in [4.69, 9.17) is 9.15 Å². The number of fused-ring (bicyclic) bond motifs is 1. The van der Waals surface area contributed by atoms with Gasteiger partial charge in [-0.05, 0) is 49.1 Å². The summed E-state index contributed by atoms with van der Waals surface area (Å²) in [6.45, 7) is 2.55. The van der Waals surface area contributed by atoms with E-state index < -0.39 is 0 Å². The van der Waals surface area contributed by atoms with Crippen LogP contribution in [0.1, 0.15) is 40.4 Å². The van der Waals surface area contributed by atoms with Gasteiger partial charge in [-0.2, -0.15) is 0 Å². The molecular weight excluding hydrogens is 318 g/mol. The molecule has 1 N–H and O–H groups in total. The van der Waals surface area contributed by atoms with Crippen LogP contribution in [0.5, 0.6) is 0 Å². The normalized spacial score (nSPS) is 18.5. The lowest BCUT2D eigenvalue weighted by Crippen LogP contribution is -2.34. The van der Waals surface area contributed by atoms with Crippen LogP contribution in [0.3, 0.4) is 0 Å². The zero-order valence-corrected chi connectivity index (χ0v) is 14.2. The molecule has 1 fully saturated rings.